The summed E-state index contributed by atoms with van der Waals surface area (Å²) in [5, 5.41) is 15.1. The molecule has 0 unspecified atom stereocenters. The number of nitrogens with zero attached hydrogens (tertiary/aromatic N) is 9. The van der Waals surface area contributed by atoms with Gasteiger partial charge in [0.1, 0.15) is 22.9 Å². The molecule has 16 heteroatoms. The van der Waals surface area contributed by atoms with Gasteiger partial charge in [-0.2, -0.15) is 10.2 Å². The highest BCUT2D eigenvalue weighted by molar-refractivity contribution is 9.10. The quantitative estimate of drug-likeness (QED) is 0.201. The Morgan fingerprint density at radius 1 is 0.982 bits per heavy atom. The smallest absolute Gasteiger partial charge is 0.332 e. The van der Waals surface area contributed by atoms with Crippen molar-refractivity contribution in [3.05, 3.63) is 138 Å². The minimum atomic E-state index is -0.961. The zero-order chi connectivity index (χ0) is 39.2. The Kier molecular flexibility index (Phi) is 8.16. The normalized spacial score (nSPS) is 14.2. The zero-order valence-electron chi connectivity index (χ0n) is 31.2. The Bertz CT molecular complexity index is 2990. The van der Waals surface area contributed by atoms with Crippen LogP contribution in [0.2, 0.25) is 0 Å². The van der Waals surface area contributed by atoms with Gasteiger partial charge in [-0.1, -0.05) is 28.0 Å². The van der Waals surface area contributed by atoms with E-state index < -0.39 is 11.3 Å². The van der Waals surface area contributed by atoms with Gasteiger partial charge < -0.3 is 9.47 Å². The van der Waals surface area contributed by atoms with Gasteiger partial charge in [-0.25, -0.2) is 18.7 Å². The van der Waals surface area contributed by atoms with Gasteiger partial charge >= 0.3 is 11.4 Å². The van der Waals surface area contributed by atoms with Crippen LogP contribution in [0.1, 0.15) is 59.0 Å². The summed E-state index contributed by atoms with van der Waals surface area (Å²) in [6.07, 6.45) is 6.02. The summed E-state index contributed by atoms with van der Waals surface area (Å²) >= 11 is 3.57. The minimum absolute atomic E-state index is 0.136. The molecule has 9 rings (SSSR count). The fraction of sp³-hybridized carbons (Fsp3) is 0.250. The van der Waals surface area contributed by atoms with Gasteiger partial charge in [0.25, 0.3) is 5.91 Å². The minimum Gasteiger partial charge on any atom is -0.332 e. The van der Waals surface area contributed by atoms with Crippen molar-refractivity contribution >= 4 is 43.6 Å². The van der Waals surface area contributed by atoms with Crippen molar-refractivity contribution in [3.8, 4) is 17.2 Å². The molecule has 0 radical (unpaired) electrons. The summed E-state index contributed by atoms with van der Waals surface area (Å²) in [6, 6.07) is 16.7. The number of nitrogens with one attached hydrogen (secondary N) is 1. The van der Waals surface area contributed by atoms with E-state index in [-0.39, 0.29) is 24.0 Å². The molecular weight excluding hydrogens is 783 g/mol. The maximum Gasteiger partial charge on any atom is 0.438 e. The number of hydrogen-bond donors (Lipinski definition) is 1. The number of fused-ring (bicyclic) bond motifs is 3. The fourth-order valence-corrected chi connectivity index (χ4v) is 8.35. The maximum absolute atomic E-state index is 14.9. The van der Waals surface area contributed by atoms with Crippen LogP contribution in [0.4, 0.5) is 4.39 Å². The Balaban J connectivity index is 1.19. The molecule has 0 bridgehead atoms. The van der Waals surface area contributed by atoms with Crippen molar-refractivity contribution < 1.29 is 13.7 Å². The van der Waals surface area contributed by atoms with Crippen LogP contribution in [-0.4, -0.2) is 60.8 Å². The third kappa shape index (κ3) is 5.41. The molecule has 6 heterocycles. The molecule has 0 aliphatic carbocycles. The summed E-state index contributed by atoms with van der Waals surface area (Å²) in [6.45, 7) is 7.74. The first kappa shape index (κ1) is 35.4. The fourth-order valence-electron chi connectivity index (χ4n) is 7.97. The maximum atomic E-state index is 14.9. The highest BCUT2D eigenvalue weighted by atomic mass is 79.9. The molecule has 1 N–H and O–H groups in total. The molecule has 1 aliphatic heterocycles. The second kappa shape index (κ2) is 12.9. The third-order valence-electron chi connectivity index (χ3n) is 11.1. The van der Waals surface area contributed by atoms with E-state index in [1.54, 1.807) is 63.4 Å². The van der Waals surface area contributed by atoms with Crippen molar-refractivity contribution in [2.45, 2.75) is 52.6 Å². The molecule has 5 aromatic heterocycles. The molecule has 1 atom stereocenters. The summed E-state index contributed by atoms with van der Waals surface area (Å²) in [4.78, 5) is 46.0. The number of aryl methyl sites for hydroxylation is 3. The first-order valence-corrected chi connectivity index (χ1v) is 18.9. The number of rotatable bonds is 7. The van der Waals surface area contributed by atoms with Gasteiger partial charge in [-0.15, -0.1) is 0 Å². The lowest BCUT2D eigenvalue weighted by Crippen LogP contribution is -2.41. The molecular formula is C40H36BrFN10O4. The second-order valence-corrected chi connectivity index (χ2v) is 15.4. The highest BCUT2D eigenvalue weighted by Gasteiger charge is 2.38. The monoisotopic (exact) mass is 818 g/mol. The summed E-state index contributed by atoms with van der Waals surface area (Å²) in [5.74, 6) is -0.504. The molecule has 0 spiro atoms. The van der Waals surface area contributed by atoms with E-state index in [2.05, 4.69) is 31.2 Å². The number of halogens is 2. The van der Waals surface area contributed by atoms with E-state index in [4.69, 9.17) is 9.62 Å². The molecule has 284 valence electrons. The van der Waals surface area contributed by atoms with Gasteiger partial charge in [-0.05, 0) is 92.9 Å². The van der Waals surface area contributed by atoms with Crippen LogP contribution in [-0.2, 0) is 25.6 Å². The lowest BCUT2D eigenvalue weighted by molar-refractivity contribution is 0.0717. The number of H-pyrrole nitrogens is 1. The summed E-state index contributed by atoms with van der Waals surface area (Å²) in [5.41, 5.74) is 4.34. The van der Waals surface area contributed by atoms with Crippen LogP contribution in [0, 0.1) is 19.7 Å². The number of amides is 1. The first-order chi connectivity index (χ1) is 26.9. The standard InChI is InChI=1S/C40H36BrFN10O4/c1-6-40(4,37-44-38(54)56-46-37)51-32-9-7-26(41)17-24(32)19-33(51)36(53)48-12-11-30-29(21-48)35(52(45-30)28-15-22(2)34(42)23(3)16-28)50-14-13-49(39(50)55)27-8-10-31-25(18-27)20-43-47(31)5/h7-10,13-20H,6,11-12,21H2,1-5H3,(H,44,46,54)/t40-/m1/s1. The van der Waals surface area contributed by atoms with E-state index in [0.29, 0.717) is 64.8 Å². The Morgan fingerprint density at radius 3 is 2.46 bits per heavy atom. The van der Waals surface area contributed by atoms with Crippen molar-refractivity contribution in [3.63, 3.8) is 0 Å². The number of carbonyl (C=O) groups is 1. The average molecular weight is 820 g/mol. The molecule has 3 aromatic carbocycles. The number of aromatic amines is 1. The van der Waals surface area contributed by atoms with Crippen LogP contribution in [0.5, 0.6) is 0 Å². The Morgan fingerprint density at radius 2 is 1.73 bits per heavy atom. The highest BCUT2D eigenvalue weighted by Crippen LogP contribution is 2.37. The molecule has 1 aliphatic rings. The lowest BCUT2D eigenvalue weighted by atomic mass is 9.96. The lowest BCUT2D eigenvalue weighted by Gasteiger charge is -2.33. The van der Waals surface area contributed by atoms with Gasteiger partial charge in [0, 0.05) is 58.7 Å². The van der Waals surface area contributed by atoms with Crippen molar-refractivity contribution in [1.82, 2.24) is 48.3 Å². The predicted molar refractivity (Wildman–Crippen MR) is 210 cm³/mol. The van der Waals surface area contributed by atoms with Crippen LogP contribution in [0.25, 0.3) is 39.0 Å². The molecule has 0 fully saturated rings. The largest absolute Gasteiger partial charge is 0.438 e. The van der Waals surface area contributed by atoms with Crippen molar-refractivity contribution in [2.75, 3.05) is 6.54 Å². The Labute approximate surface area is 326 Å². The van der Waals surface area contributed by atoms with Gasteiger partial charge in [-0.3, -0.25) is 28.1 Å². The SMILES string of the molecule is CC[C@](C)(c1noc(=O)[nH]1)n1c(C(=O)N2CCc3nn(-c4cc(C)c(F)c(C)c4)c(-n4ccn(-c5ccc6c(cnn6C)c5)c4=O)c3C2)cc2cc(Br)ccc21. The van der Waals surface area contributed by atoms with E-state index in [0.717, 1.165) is 32.0 Å². The van der Waals surface area contributed by atoms with Crippen molar-refractivity contribution in [2.24, 2.45) is 7.05 Å². The molecule has 8 aromatic rings. The molecule has 56 heavy (non-hydrogen) atoms. The first-order valence-electron chi connectivity index (χ1n) is 18.1. The van der Waals surface area contributed by atoms with Crippen LogP contribution in [0.3, 0.4) is 0 Å². The Hall–Kier alpha value is -6.29. The number of hydrogen-bond acceptors (Lipinski definition) is 7. The zero-order valence-corrected chi connectivity index (χ0v) is 32.8. The second-order valence-electron chi connectivity index (χ2n) is 14.5. The molecule has 0 saturated heterocycles. The van der Waals surface area contributed by atoms with Crippen LogP contribution >= 0.6 is 15.9 Å². The number of carbonyl (C=O) groups excluding carboxylic acids is 1. The summed E-state index contributed by atoms with van der Waals surface area (Å²) < 4.78 is 29.2. The van der Waals surface area contributed by atoms with Crippen molar-refractivity contribution in [1.29, 1.82) is 0 Å². The number of imidazole rings is 1. The van der Waals surface area contributed by atoms with Gasteiger partial charge in [0.15, 0.2) is 5.82 Å². The van der Waals surface area contributed by atoms with Crippen LogP contribution < -0.4 is 11.4 Å². The van der Waals surface area contributed by atoms with E-state index >= 15 is 0 Å². The topological polar surface area (TPSA) is 147 Å². The van der Waals surface area contributed by atoms with Gasteiger partial charge in [0.2, 0.25) is 0 Å². The van der Waals surface area contributed by atoms with E-state index in [9.17, 15) is 18.8 Å². The molecule has 1 amide bonds. The molecule has 0 saturated carbocycles. The van der Waals surface area contributed by atoms with Gasteiger partial charge in [0.05, 0.1) is 35.3 Å². The third-order valence-corrected chi connectivity index (χ3v) is 11.6. The number of aromatic nitrogens is 9. The van der Waals surface area contributed by atoms with E-state index in [1.165, 1.54) is 4.57 Å². The molecule has 14 nitrogen and oxygen atoms in total. The average Bonchev–Trinajstić information content (AvgIpc) is 4.03. The number of benzene rings is 3. The van der Waals surface area contributed by atoms with Crippen LogP contribution in [0.15, 0.2) is 91.8 Å². The van der Waals surface area contributed by atoms with E-state index in [1.807, 2.05) is 67.9 Å². The predicted octanol–water partition coefficient (Wildman–Crippen LogP) is 6.22. The summed E-state index contributed by atoms with van der Waals surface area (Å²) in [7, 11) is 1.86.